The summed E-state index contributed by atoms with van der Waals surface area (Å²) < 4.78 is 24.1. The van der Waals surface area contributed by atoms with Gasteiger partial charge in [0.1, 0.15) is 6.29 Å². The average molecular weight is 242 g/mol. The second kappa shape index (κ2) is 4.31. The Labute approximate surface area is 92.5 Å². The highest BCUT2D eigenvalue weighted by Gasteiger charge is 2.08. The summed E-state index contributed by atoms with van der Waals surface area (Å²) in [7, 11) is -3.46. The lowest BCUT2D eigenvalue weighted by Gasteiger charge is -2.06. The number of carbonyl (C=O) groups is 2. The van der Waals surface area contributed by atoms with Crippen LogP contribution in [0, 0.1) is 0 Å². The molecule has 0 saturated carbocycles. The van der Waals surface area contributed by atoms with Crippen molar-refractivity contribution in [2.75, 3.05) is 11.0 Å². The Morgan fingerprint density at radius 1 is 1.38 bits per heavy atom. The van der Waals surface area contributed by atoms with E-state index >= 15 is 0 Å². The van der Waals surface area contributed by atoms with E-state index in [-0.39, 0.29) is 16.8 Å². The van der Waals surface area contributed by atoms with Gasteiger partial charge in [-0.15, -0.1) is 0 Å². The van der Waals surface area contributed by atoms with E-state index in [1.165, 1.54) is 18.2 Å². The second-order valence-electron chi connectivity index (χ2n) is 3.20. The first-order valence-corrected chi connectivity index (χ1v) is 6.09. The molecule has 1 rings (SSSR count). The number of carbonyl (C=O) groups excluding carboxylic acids is 2. The van der Waals surface area contributed by atoms with Gasteiger partial charge < -0.3 is 5.73 Å². The second-order valence-corrected chi connectivity index (χ2v) is 4.95. The first kappa shape index (κ1) is 12.2. The van der Waals surface area contributed by atoms with Gasteiger partial charge in [-0.2, -0.15) is 0 Å². The van der Waals surface area contributed by atoms with Crippen LogP contribution >= 0.6 is 0 Å². The lowest BCUT2D eigenvalue weighted by molar-refractivity contribution is 0.100. The molecule has 1 aromatic rings. The summed E-state index contributed by atoms with van der Waals surface area (Å²) in [6, 6.07) is 3.85. The summed E-state index contributed by atoms with van der Waals surface area (Å²) in [6.45, 7) is 0. The third-order valence-electron chi connectivity index (χ3n) is 1.68. The predicted molar refractivity (Wildman–Crippen MR) is 58.8 cm³/mol. The van der Waals surface area contributed by atoms with Gasteiger partial charge in [0.2, 0.25) is 15.9 Å². The topological polar surface area (TPSA) is 106 Å². The van der Waals surface area contributed by atoms with Crippen molar-refractivity contribution in [3.05, 3.63) is 29.3 Å². The van der Waals surface area contributed by atoms with Gasteiger partial charge in [-0.1, -0.05) is 0 Å². The van der Waals surface area contributed by atoms with Crippen LogP contribution in [0.5, 0.6) is 0 Å². The highest BCUT2D eigenvalue weighted by Crippen LogP contribution is 2.14. The lowest BCUT2D eigenvalue weighted by atomic mass is 10.1. The first-order chi connectivity index (χ1) is 7.31. The van der Waals surface area contributed by atoms with Gasteiger partial charge in [0.05, 0.1) is 6.26 Å². The maximum Gasteiger partial charge on any atom is 0.248 e. The molecule has 3 N–H and O–H groups in total. The summed E-state index contributed by atoms with van der Waals surface area (Å²) in [6.07, 6.45) is 1.46. The lowest BCUT2D eigenvalue weighted by Crippen LogP contribution is -2.14. The Kier molecular flexibility index (Phi) is 3.28. The van der Waals surface area contributed by atoms with Crippen LogP contribution in [0.4, 0.5) is 5.69 Å². The summed E-state index contributed by atoms with van der Waals surface area (Å²) in [5, 5.41) is 0. The largest absolute Gasteiger partial charge is 0.366 e. The van der Waals surface area contributed by atoms with Gasteiger partial charge in [-0.3, -0.25) is 14.3 Å². The van der Waals surface area contributed by atoms with Crippen LogP contribution < -0.4 is 10.5 Å². The molecular formula is C9H10N2O4S. The Morgan fingerprint density at radius 3 is 2.44 bits per heavy atom. The Hall–Kier alpha value is -1.89. The third-order valence-corrected chi connectivity index (χ3v) is 2.29. The number of nitrogens with two attached hydrogens (primary N) is 1. The molecule has 0 bridgehead atoms. The molecule has 0 aliphatic heterocycles. The highest BCUT2D eigenvalue weighted by atomic mass is 32.2. The summed E-state index contributed by atoms with van der Waals surface area (Å²) in [5.41, 5.74) is 5.40. The van der Waals surface area contributed by atoms with Crippen LogP contribution in [0.3, 0.4) is 0 Å². The van der Waals surface area contributed by atoms with Crippen LogP contribution in [0.1, 0.15) is 20.7 Å². The van der Waals surface area contributed by atoms with Crippen LogP contribution in [0.2, 0.25) is 0 Å². The molecule has 1 amide bonds. The van der Waals surface area contributed by atoms with Crippen molar-refractivity contribution >= 4 is 27.9 Å². The maximum absolute atomic E-state index is 11.0. The zero-order chi connectivity index (χ0) is 12.3. The predicted octanol–water partition coefficient (Wildman–Crippen LogP) is -0.0305. The fourth-order valence-electron chi connectivity index (χ4n) is 1.13. The molecule has 0 aromatic heterocycles. The van der Waals surface area contributed by atoms with E-state index in [4.69, 9.17) is 5.73 Å². The Morgan fingerprint density at radius 2 is 2.00 bits per heavy atom. The molecule has 0 atom stereocenters. The highest BCUT2D eigenvalue weighted by molar-refractivity contribution is 7.92. The van der Waals surface area contributed by atoms with E-state index in [2.05, 4.69) is 4.72 Å². The number of hydrogen-bond acceptors (Lipinski definition) is 4. The van der Waals surface area contributed by atoms with Gasteiger partial charge in [0.25, 0.3) is 0 Å². The SMILES string of the molecule is CS(=O)(=O)Nc1cc(C=O)cc(C(N)=O)c1. The number of rotatable bonds is 4. The number of benzene rings is 1. The standard InChI is InChI=1S/C9H10N2O4S/c1-16(14,15)11-8-3-6(5-12)2-7(4-8)9(10)13/h2-5,11H,1H3,(H2,10,13). The number of anilines is 1. The maximum atomic E-state index is 11.0. The minimum atomic E-state index is -3.46. The molecule has 86 valence electrons. The Balaban J connectivity index is 3.24. The van der Waals surface area contributed by atoms with Gasteiger partial charge in [0, 0.05) is 16.8 Å². The van der Waals surface area contributed by atoms with E-state index < -0.39 is 15.9 Å². The van der Waals surface area contributed by atoms with E-state index in [9.17, 15) is 18.0 Å². The molecule has 0 saturated heterocycles. The fourth-order valence-corrected chi connectivity index (χ4v) is 1.68. The van der Waals surface area contributed by atoms with Gasteiger partial charge in [0.15, 0.2) is 0 Å². The number of hydrogen-bond donors (Lipinski definition) is 2. The van der Waals surface area contributed by atoms with Crippen molar-refractivity contribution in [2.24, 2.45) is 5.73 Å². The normalized spacial score (nSPS) is 10.8. The molecular weight excluding hydrogens is 232 g/mol. The summed E-state index contributed by atoms with van der Waals surface area (Å²) >= 11 is 0. The van der Waals surface area contributed by atoms with Gasteiger partial charge in [-0.25, -0.2) is 8.42 Å². The smallest absolute Gasteiger partial charge is 0.248 e. The number of amides is 1. The molecule has 0 aliphatic carbocycles. The zero-order valence-electron chi connectivity index (χ0n) is 8.43. The van der Waals surface area contributed by atoms with Crippen molar-refractivity contribution in [3.63, 3.8) is 0 Å². The van der Waals surface area contributed by atoms with Crippen molar-refractivity contribution in [1.29, 1.82) is 0 Å². The first-order valence-electron chi connectivity index (χ1n) is 4.19. The van der Waals surface area contributed by atoms with E-state index in [1.54, 1.807) is 0 Å². The number of nitrogens with one attached hydrogen (secondary N) is 1. The minimum Gasteiger partial charge on any atom is -0.366 e. The Bertz CT molecular complexity index is 536. The fraction of sp³-hybridized carbons (Fsp3) is 0.111. The monoisotopic (exact) mass is 242 g/mol. The van der Waals surface area contributed by atoms with Gasteiger partial charge >= 0.3 is 0 Å². The molecule has 0 aliphatic rings. The minimum absolute atomic E-state index is 0.0655. The van der Waals surface area contributed by atoms with Crippen molar-refractivity contribution in [2.45, 2.75) is 0 Å². The third kappa shape index (κ3) is 3.35. The van der Waals surface area contributed by atoms with Crippen molar-refractivity contribution in [1.82, 2.24) is 0 Å². The molecule has 16 heavy (non-hydrogen) atoms. The molecule has 0 fully saturated rings. The quantitative estimate of drug-likeness (QED) is 0.723. The molecule has 0 radical (unpaired) electrons. The van der Waals surface area contributed by atoms with Crippen LogP contribution in [-0.4, -0.2) is 26.9 Å². The number of sulfonamides is 1. The summed E-state index contributed by atoms with van der Waals surface area (Å²) in [4.78, 5) is 21.5. The molecule has 0 unspecified atom stereocenters. The zero-order valence-corrected chi connectivity index (χ0v) is 9.24. The van der Waals surface area contributed by atoms with Crippen LogP contribution in [-0.2, 0) is 10.0 Å². The molecule has 1 aromatic carbocycles. The van der Waals surface area contributed by atoms with E-state index in [1.807, 2.05) is 0 Å². The van der Waals surface area contributed by atoms with Crippen molar-refractivity contribution < 1.29 is 18.0 Å². The van der Waals surface area contributed by atoms with Crippen LogP contribution in [0.25, 0.3) is 0 Å². The molecule has 7 heteroatoms. The van der Waals surface area contributed by atoms with E-state index in [0.29, 0.717) is 6.29 Å². The molecule has 0 spiro atoms. The van der Waals surface area contributed by atoms with E-state index in [0.717, 1.165) is 6.26 Å². The average Bonchev–Trinajstić information content (AvgIpc) is 2.14. The summed E-state index contributed by atoms with van der Waals surface area (Å²) in [5.74, 6) is -0.736. The van der Waals surface area contributed by atoms with Gasteiger partial charge in [-0.05, 0) is 18.2 Å². The number of aldehydes is 1. The molecule has 0 heterocycles. The van der Waals surface area contributed by atoms with Crippen LogP contribution in [0.15, 0.2) is 18.2 Å². The molecule has 6 nitrogen and oxygen atoms in total. The van der Waals surface area contributed by atoms with Crippen molar-refractivity contribution in [3.8, 4) is 0 Å². The number of primary amides is 1.